The Balaban J connectivity index is 1.67. The van der Waals surface area contributed by atoms with E-state index in [0.29, 0.717) is 6.42 Å². The molecule has 0 bridgehead atoms. The Morgan fingerprint density at radius 1 is 1.35 bits per heavy atom. The number of alkyl halides is 3. The smallest absolute Gasteiger partial charge is 0.332 e. The van der Waals surface area contributed by atoms with Crippen LogP contribution in [0.2, 0.25) is 0 Å². The number of hydrogen-bond donors (Lipinski definition) is 1. The Bertz CT molecular complexity index is 584. The van der Waals surface area contributed by atoms with E-state index in [0.717, 1.165) is 36.3 Å². The third-order valence-electron chi connectivity index (χ3n) is 4.63. The molecule has 5 nitrogen and oxygen atoms in total. The number of aryl methyl sites for hydroxylation is 1. The Labute approximate surface area is 132 Å². The summed E-state index contributed by atoms with van der Waals surface area (Å²) in [6.07, 6.45) is 0.727. The topological polar surface area (TPSA) is 50.2 Å². The highest BCUT2D eigenvalue weighted by Gasteiger charge is 2.40. The first-order valence-electron chi connectivity index (χ1n) is 8.05. The monoisotopic (exact) mass is 330 g/mol. The molecule has 2 atom stereocenters. The highest BCUT2D eigenvalue weighted by molar-refractivity contribution is 5.84. The molecule has 1 aliphatic heterocycles. The van der Waals surface area contributed by atoms with E-state index in [9.17, 15) is 18.0 Å². The number of fused-ring (bicyclic) bond motifs is 1. The molecule has 23 heavy (non-hydrogen) atoms. The van der Waals surface area contributed by atoms with Crippen molar-refractivity contribution in [2.75, 3.05) is 13.1 Å². The molecule has 0 radical (unpaired) electrons. The van der Waals surface area contributed by atoms with Crippen LogP contribution in [-0.4, -0.2) is 45.9 Å². The third-order valence-corrected chi connectivity index (χ3v) is 4.63. The molecule has 0 saturated carbocycles. The van der Waals surface area contributed by atoms with Crippen LogP contribution in [0.3, 0.4) is 0 Å². The average molecular weight is 330 g/mol. The lowest BCUT2D eigenvalue weighted by Gasteiger charge is -2.27. The highest BCUT2D eigenvalue weighted by atomic mass is 19.4. The van der Waals surface area contributed by atoms with Crippen LogP contribution < -0.4 is 5.32 Å². The van der Waals surface area contributed by atoms with Gasteiger partial charge >= 0.3 is 6.18 Å². The van der Waals surface area contributed by atoms with E-state index in [-0.39, 0.29) is 12.6 Å². The maximum Gasteiger partial charge on any atom is 0.406 e. The lowest BCUT2D eigenvalue weighted by atomic mass is 9.92. The van der Waals surface area contributed by atoms with Crippen LogP contribution in [-0.2, 0) is 17.8 Å². The zero-order valence-corrected chi connectivity index (χ0v) is 13.1. The van der Waals surface area contributed by atoms with Gasteiger partial charge in [0.05, 0.1) is 12.2 Å². The molecule has 0 aromatic carbocycles. The van der Waals surface area contributed by atoms with Crippen LogP contribution in [0.1, 0.15) is 43.5 Å². The van der Waals surface area contributed by atoms with Crippen molar-refractivity contribution in [3.63, 3.8) is 0 Å². The van der Waals surface area contributed by atoms with Gasteiger partial charge in [-0.05, 0) is 32.6 Å². The number of likely N-dealkylation sites (tertiary alicyclic amines) is 1. The van der Waals surface area contributed by atoms with E-state index in [1.54, 1.807) is 0 Å². The molecule has 2 aliphatic rings. The number of nitrogens with zero attached hydrogens (tertiary/aromatic N) is 3. The van der Waals surface area contributed by atoms with Gasteiger partial charge < -0.3 is 4.90 Å². The fraction of sp³-hybridized carbons (Fsp3) is 0.733. The number of rotatable bonds is 4. The number of hydrogen-bond acceptors (Lipinski definition) is 3. The summed E-state index contributed by atoms with van der Waals surface area (Å²) in [7, 11) is 0. The van der Waals surface area contributed by atoms with Crippen LogP contribution in [0.5, 0.6) is 0 Å². The molecule has 128 valence electrons. The minimum atomic E-state index is -4.34. The molecule has 1 saturated heterocycles. The third kappa shape index (κ3) is 3.36. The summed E-state index contributed by atoms with van der Waals surface area (Å²) in [6.45, 7) is 1.82. The van der Waals surface area contributed by atoms with Gasteiger partial charge in [-0.2, -0.15) is 18.3 Å². The number of amides is 1. The largest absolute Gasteiger partial charge is 0.406 e. The van der Waals surface area contributed by atoms with Gasteiger partial charge in [-0.1, -0.05) is 0 Å². The van der Waals surface area contributed by atoms with E-state index in [1.807, 2.05) is 17.8 Å². The second-order valence-electron chi connectivity index (χ2n) is 6.19. The molecule has 1 fully saturated rings. The average Bonchev–Trinajstić information content (AvgIpc) is 3.04. The molecular weight excluding hydrogens is 309 g/mol. The van der Waals surface area contributed by atoms with Gasteiger partial charge in [-0.25, -0.2) is 0 Å². The van der Waals surface area contributed by atoms with Crippen LogP contribution in [0.15, 0.2) is 6.20 Å². The number of carbonyl (C=O) groups is 1. The van der Waals surface area contributed by atoms with Crippen molar-refractivity contribution in [1.82, 2.24) is 20.0 Å². The van der Waals surface area contributed by atoms with Crippen molar-refractivity contribution < 1.29 is 18.0 Å². The Kier molecular flexibility index (Phi) is 4.35. The van der Waals surface area contributed by atoms with Crippen molar-refractivity contribution in [3.05, 3.63) is 17.5 Å². The summed E-state index contributed by atoms with van der Waals surface area (Å²) < 4.78 is 39.4. The van der Waals surface area contributed by atoms with E-state index in [4.69, 9.17) is 0 Å². The zero-order chi connectivity index (χ0) is 16.6. The summed E-state index contributed by atoms with van der Waals surface area (Å²) >= 11 is 0. The highest BCUT2D eigenvalue weighted by Crippen LogP contribution is 2.31. The van der Waals surface area contributed by atoms with Gasteiger partial charge in [-0.15, -0.1) is 0 Å². The Morgan fingerprint density at radius 2 is 2.13 bits per heavy atom. The number of aromatic nitrogens is 2. The second kappa shape index (κ2) is 6.14. The molecule has 1 N–H and O–H groups in total. The van der Waals surface area contributed by atoms with Gasteiger partial charge in [0.15, 0.2) is 0 Å². The van der Waals surface area contributed by atoms with Crippen LogP contribution in [0, 0.1) is 0 Å². The lowest BCUT2D eigenvalue weighted by molar-refractivity contribution is -0.158. The Hall–Kier alpha value is -1.57. The molecule has 3 rings (SSSR count). The van der Waals surface area contributed by atoms with Crippen molar-refractivity contribution in [1.29, 1.82) is 0 Å². The van der Waals surface area contributed by atoms with E-state index >= 15 is 0 Å². The first-order valence-corrected chi connectivity index (χ1v) is 8.05. The predicted molar refractivity (Wildman–Crippen MR) is 77.8 cm³/mol. The molecule has 1 amide bonds. The van der Waals surface area contributed by atoms with Crippen LogP contribution >= 0.6 is 0 Å². The summed E-state index contributed by atoms with van der Waals surface area (Å²) in [5, 5.41) is 7.62. The number of nitrogens with one attached hydrogen (secondary N) is 1. The van der Waals surface area contributed by atoms with Gasteiger partial charge in [0.25, 0.3) is 0 Å². The van der Waals surface area contributed by atoms with Crippen LogP contribution in [0.4, 0.5) is 13.2 Å². The lowest BCUT2D eigenvalue weighted by Crippen LogP contribution is -2.43. The van der Waals surface area contributed by atoms with E-state index in [2.05, 4.69) is 10.4 Å². The fourth-order valence-corrected chi connectivity index (χ4v) is 3.57. The fourth-order valence-electron chi connectivity index (χ4n) is 3.57. The minimum absolute atomic E-state index is 0.00108. The van der Waals surface area contributed by atoms with E-state index in [1.165, 1.54) is 5.69 Å². The summed E-state index contributed by atoms with van der Waals surface area (Å²) in [5.41, 5.74) is 2.26. The van der Waals surface area contributed by atoms with Gasteiger partial charge in [0.1, 0.15) is 6.54 Å². The quantitative estimate of drug-likeness (QED) is 0.919. The number of carbonyl (C=O) groups excluding carboxylic acids is 1. The molecule has 0 unspecified atom stereocenters. The van der Waals surface area contributed by atoms with Gasteiger partial charge in [-0.3, -0.25) is 14.8 Å². The van der Waals surface area contributed by atoms with Crippen molar-refractivity contribution in [2.45, 2.75) is 57.4 Å². The van der Waals surface area contributed by atoms with Crippen molar-refractivity contribution in [2.24, 2.45) is 0 Å². The molecule has 1 aromatic rings. The summed E-state index contributed by atoms with van der Waals surface area (Å²) in [4.78, 5) is 13.1. The van der Waals surface area contributed by atoms with E-state index < -0.39 is 24.7 Å². The second-order valence-corrected chi connectivity index (χ2v) is 6.19. The first-order chi connectivity index (χ1) is 10.9. The Morgan fingerprint density at radius 3 is 2.83 bits per heavy atom. The zero-order valence-electron chi connectivity index (χ0n) is 13.1. The maximum absolute atomic E-state index is 12.5. The number of halogens is 3. The molecule has 0 spiro atoms. The standard InChI is InChI=1S/C15H21F3N4O/c1-2-22-13-5-3-4-11(10(13)8-19-22)20-12-6-7-21(14(12)23)9-15(16,17)18/h8,11-12,20H,2-7,9H2,1H3/t11-,12+/m0/s1. The first kappa shape index (κ1) is 16.3. The normalized spacial score (nSPS) is 25.0. The van der Waals surface area contributed by atoms with Crippen molar-refractivity contribution >= 4 is 5.91 Å². The predicted octanol–water partition coefficient (Wildman–Crippen LogP) is 2.03. The maximum atomic E-state index is 12.5. The SMILES string of the molecule is CCn1ncc2c1CCC[C@@H]2N[C@@H]1CCN(CC(F)(F)F)C1=O. The molecule has 1 aliphatic carbocycles. The van der Waals surface area contributed by atoms with Crippen LogP contribution in [0.25, 0.3) is 0 Å². The molecule has 2 heterocycles. The van der Waals surface area contributed by atoms with Gasteiger partial charge in [0.2, 0.25) is 5.91 Å². The molecular formula is C15H21F3N4O. The minimum Gasteiger partial charge on any atom is -0.332 e. The summed E-state index contributed by atoms with van der Waals surface area (Å²) in [6, 6.07) is -0.530. The van der Waals surface area contributed by atoms with Crippen molar-refractivity contribution in [3.8, 4) is 0 Å². The summed E-state index contributed by atoms with van der Waals surface area (Å²) in [5.74, 6) is -0.447. The molecule has 1 aromatic heterocycles. The van der Waals surface area contributed by atoms with Gasteiger partial charge in [0, 0.05) is 30.4 Å². The molecule has 8 heteroatoms.